The van der Waals surface area contributed by atoms with Gasteiger partial charge in [-0.05, 0) is 12.1 Å². The standard InChI is InChI=1S/C11H16N2O3/c14-6-11(7-16-8-11)10(15)13-5-3-9-2-1-4-12-9/h1-2,4,12,14H,3,5-8H2,(H,13,15). The first-order valence-corrected chi connectivity index (χ1v) is 5.36. The lowest BCUT2D eigenvalue weighted by atomic mass is 9.86. The van der Waals surface area contributed by atoms with Gasteiger partial charge >= 0.3 is 0 Å². The lowest BCUT2D eigenvalue weighted by Crippen LogP contribution is -2.56. The summed E-state index contributed by atoms with van der Waals surface area (Å²) in [6.07, 6.45) is 2.62. The van der Waals surface area contributed by atoms with Crippen LogP contribution in [-0.4, -0.2) is 42.4 Å². The number of carbonyl (C=O) groups excluding carboxylic acids is 1. The maximum atomic E-state index is 11.7. The fraction of sp³-hybridized carbons (Fsp3) is 0.545. The maximum Gasteiger partial charge on any atom is 0.233 e. The number of nitrogens with one attached hydrogen (secondary N) is 2. The molecule has 16 heavy (non-hydrogen) atoms. The van der Waals surface area contributed by atoms with E-state index in [0.29, 0.717) is 19.8 Å². The molecule has 1 aliphatic rings. The van der Waals surface area contributed by atoms with Crippen LogP contribution in [0.15, 0.2) is 18.3 Å². The van der Waals surface area contributed by atoms with E-state index in [1.165, 1.54) is 0 Å². The van der Waals surface area contributed by atoms with E-state index in [4.69, 9.17) is 9.84 Å². The number of amides is 1. The Morgan fingerprint density at radius 3 is 2.94 bits per heavy atom. The number of ether oxygens (including phenoxy) is 1. The summed E-state index contributed by atoms with van der Waals surface area (Å²) in [5.74, 6) is -0.118. The smallest absolute Gasteiger partial charge is 0.233 e. The second kappa shape index (κ2) is 4.67. The zero-order valence-electron chi connectivity index (χ0n) is 9.03. The minimum atomic E-state index is -0.699. The Morgan fingerprint density at radius 1 is 1.62 bits per heavy atom. The van der Waals surface area contributed by atoms with E-state index in [0.717, 1.165) is 12.1 Å². The van der Waals surface area contributed by atoms with Gasteiger partial charge in [0.25, 0.3) is 0 Å². The fourth-order valence-corrected chi connectivity index (χ4v) is 1.66. The van der Waals surface area contributed by atoms with Crippen LogP contribution in [0.1, 0.15) is 5.69 Å². The van der Waals surface area contributed by atoms with Crippen LogP contribution in [0.2, 0.25) is 0 Å². The van der Waals surface area contributed by atoms with Gasteiger partial charge in [0.2, 0.25) is 5.91 Å². The zero-order valence-corrected chi connectivity index (χ0v) is 9.03. The Balaban J connectivity index is 1.75. The van der Waals surface area contributed by atoms with Crippen molar-refractivity contribution in [1.29, 1.82) is 0 Å². The van der Waals surface area contributed by atoms with Crippen LogP contribution in [0.3, 0.4) is 0 Å². The van der Waals surface area contributed by atoms with Crippen LogP contribution in [0.4, 0.5) is 0 Å². The summed E-state index contributed by atoms with van der Waals surface area (Å²) in [5, 5.41) is 12.0. The third-order valence-electron chi connectivity index (χ3n) is 2.88. The molecule has 1 aromatic heterocycles. The molecular formula is C11H16N2O3. The van der Waals surface area contributed by atoms with Gasteiger partial charge in [-0.1, -0.05) is 0 Å². The van der Waals surface area contributed by atoms with Gasteiger partial charge in [-0.3, -0.25) is 4.79 Å². The van der Waals surface area contributed by atoms with Crippen molar-refractivity contribution in [1.82, 2.24) is 10.3 Å². The normalized spacial score (nSPS) is 17.8. The van der Waals surface area contributed by atoms with Crippen LogP contribution in [-0.2, 0) is 16.0 Å². The number of hydrogen-bond acceptors (Lipinski definition) is 3. The SMILES string of the molecule is O=C(NCCc1ccc[nH]1)C1(CO)COC1. The molecule has 1 aliphatic heterocycles. The second-order valence-electron chi connectivity index (χ2n) is 4.13. The molecule has 1 aromatic rings. The van der Waals surface area contributed by atoms with Gasteiger partial charge in [-0.25, -0.2) is 0 Å². The number of aliphatic hydroxyl groups excluding tert-OH is 1. The molecule has 1 saturated heterocycles. The van der Waals surface area contributed by atoms with E-state index < -0.39 is 5.41 Å². The van der Waals surface area contributed by atoms with E-state index in [1.54, 1.807) is 0 Å². The van der Waals surface area contributed by atoms with Crippen molar-refractivity contribution in [3.05, 3.63) is 24.0 Å². The molecule has 3 N–H and O–H groups in total. The quantitative estimate of drug-likeness (QED) is 0.642. The van der Waals surface area contributed by atoms with Crippen LogP contribution in [0.25, 0.3) is 0 Å². The average Bonchev–Trinajstić information content (AvgIpc) is 2.70. The summed E-state index contributed by atoms with van der Waals surface area (Å²) in [4.78, 5) is 14.8. The third-order valence-corrected chi connectivity index (χ3v) is 2.88. The Kier molecular flexibility index (Phi) is 3.26. The first kappa shape index (κ1) is 11.2. The molecule has 0 unspecified atom stereocenters. The second-order valence-corrected chi connectivity index (χ2v) is 4.13. The van der Waals surface area contributed by atoms with Crippen molar-refractivity contribution in [2.75, 3.05) is 26.4 Å². The highest BCUT2D eigenvalue weighted by molar-refractivity contribution is 5.83. The summed E-state index contributed by atoms with van der Waals surface area (Å²) in [6, 6.07) is 3.90. The van der Waals surface area contributed by atoms with Gasteiger partial charge in [0.15, 0.2) is 0 Å². The Labute approximate surface area is 93.8 Å². The number of H-pyrrole nitrogens is 1. The van der Waals surface area contributed by atoms with Crippen molar-refractivity contribution in [2.24, 2.45) is 5.41 Å². The highest BCUT2D eigenvalue weighted by atomic mass is 16.5. The Hall–Kier alpha value is -1.33. The molecule has 0 aliphatic carbocycles. The third kappa shape index (κ3) is 2.10. The minimum Gasteiger partial charge on any atom is -0.395 e. The lowest BCUT2D eigenvalue weighted by molar-refractivity contribution is -0.169. The van der Waals surface area contributed by atoms with Crippen molar-refractivity contribution < 1.29 is 14.6 Å². The molecule has 5 heteroatoms. The molecule has 5 nitrogen and oxygen atoms in total. The van der Waals surface area contributed by atoms with Gasteiger partial charge in [0, 0.05) is 24.9 Å². The molecule has 2 rings (SSSR count). The summed E-state index contributed by atoms with van der Waals surface area (Å²) < 4.78 is 4.98. The van der Waals surface area contributed by atoms with E-state index >= 15 is 0 Å². The largest absolute Gasteiger partial charge is 0.395 e. The molecule has 0 atom stereocenters. The van der Waals surface area contributed by atoms with Gasteiger partial charge < -0.3 is 20.1 Å². The van der Waals surface area contributed by atoms with Crippen molar-refractivity contribution in [3.63, 3.8) is 0 Å². The number of aromatic nitrogens is 1. The first-order valence-electron chi connectivity index (χ1n) is 5.36. The monoisotopic (exact) mass is 224 g/mol. The van der Waals surface area contributed by atoms with Crippen LogP contribution >= 0.6 is 0 Å². The summed E-state index contributed by atoms with van der Waals surface area (Å²) in [7, 11) is 0. The highest BCUT2D eigenvalue weighted by Crippen LogP contribution is 2.26. The van der Waals surface area contributed by atoms with E-state index in [9.17, 15) is 4.79 Å². The van der Waals surface area contributed by atoms with Crippen molar-refractivity contribution >= 4 is 5.91 Å². The molecule has 2 heterocycles. The Bertz CT molecular complexity index is 339. The number of rotatable bonds is 5. The number of carbonyl (C=O) groups is 1. The van der Waals surface area contributed by atoms with E-state index in [1.807, 2.05) is 18.3 Å². The van der Waals surface area contributed by atoms with Crippen LogP contribution in [0, 0.1) is 5.41 Å². The molecule has 1 amide bonds. The Morgan fingerprint density at radius 2 is 2.44 bits per heavy atom. The average molecular weight is 224 g/mol. The first-order chi connectivity index (χ1) is 7.77. The lowest BCUT2D eigenvalue weighted by Gasteiger charge is -2.38. The van der Waals surface area contributed by atoms with Gasteiger partial charge in [-0.2, -0.15) is 0 Å². The summed E-state index contributed by atoms with van der Waals surface area (Å²) in [5.41, 5.74) is 0.388. The molecule has 0 radical (unpaired) electrons. The zero-order chi connectivity index (χ0) is 11.4. The fourth-order valence-electron chi connectivity index (χ4n) is 1.66. The maximum absolute atomic E-state index is 11.7. The summed E-state index contributed by atoms with van der Waals surface area (Å²) >= 11 is 0. The van der Waals surface area contributed by atoms with E-state index in [-0.39, 0.29) is 12.5 Å². The van der Waals surface area contributed by atoms with Crippen molar-refractivity contribution in [3.8, 4) is 0 Å². The molecule has 0 saturated carbocycles. The molecule has 0 aromatic carbocycles. The van der Waals surface area contributed by atoms with Gasteiger partial charge in [0.05, 0.1) is 19.8 Å². The van der Waals surface area contributed by atoms with E-state index in [2.05, 4.69) is 10.3 Å². The molecule has 0 spiro atoms. The van der Waals surface area contributed by atoms with Crippen molar-refractivity contribution in [2.45, 2.75) is 6.42 Å². The number of aromatic amines is 1. The predicted octanol–water partition coefficient (Wildman–Crippen LogP) is -0.318. The van der Waals surface area contributed by atoms with Crippen LogP contribution in [0.5, 0.6) is 0 Å². The number of aliphatic hydroxyl groups is 1. The molecule has 1 fully saturated rings. The van der Waals surface area contributed by atoms with Gasteiger partial charge in [0.1, 0.15) is 5.41 Å². The highest BCUT2D eigenvalue weighted by Gasteiger charge is 2.45. The molecule has 88 valence electrons. The minimum absolute atomic E-state index is 0.118. The summed E-state index contributed by atoms with van der Waals surface area (Å²) in [6.45, 7) is 1.05. The molecule has 0 bridgehead atoms. The molecular weight excluding hydrogens is 208 g/mol. The number of hydrogen-bond donors (Lipinski definition) is 3. The predicted molar refractivity (Wildman–Crippen MR) is 57.8 cm³/mol. The van der Waals surface area contributed by atoms with Crippen LogP contribution < -0.4 is 5.32 Å². The van der Waals surface area contributed by atoms with Gasteiger partial charge in [-0.15, -0.1) is 0 Å². The topological polar surface area (TPSA) is 74.4 Å².